The average Bonchev–Trinajstić information content (AvgIpc) is 3.36. The molecule has 0 radical (unpaired) electrons. The van der Waals surface area contributed by atoms with Crippen molar-refractivity contribution < 1.29 is 4.79 Å². The van der Waals surface area contributed by atoms with Gasteiger partial charge in [-0.3, -0.25) is 9.79 Å². The van der Waals surface area contributed by atoms with Crippen molar-refractivity contribution in [3.05, 3.63) is 22.4 Å². The highest BCUT2D eigenvalue weighted by Crippen LogP contribution is 2.41. The lowest BCUT2D eigenvalue weighted by molar-refractivity contribution is -0.127. The summed E-state index contributed by atoms with van der Waals surface area (Å²) >= 11 is 1.88. The van der Waals surface area contributed by atoms with Crippen LogP contribution in [-0.4, -0.2) is 49.5 Å². The van der Waals surface area contributed by atoms with Crippen LogP contribution in [0.5, 0.6) is 0 Å². The molecule has 7 heteroatoms. The largest absolute Gasteiger partial charge is 0.357 e. The first-order valence-corrected chi connectivity index (χ1v) is 11.5. The average molecular weight is 519 g/mol. The van der Waals surface area contributed by atoms with Crippen molar-refractivity contribution in [2.24, 2.45) is 4.99 Å². The number of guanidine groups is 1. The fourth-order valence-corrected chi connectivity index (χ4v) is 5.26. The van der Waals surface area contributed by atoms with Crippen LogP contribution in [-0.2, 0) is 10.2 Å². The van der Waals surface area contributed by atoms with Gasteiger partial charge in [0.2, 0.25) is 5.91 Å². The van der Waals surface area contributed by atoms with Crippen LogP contribution in [0.2, 0.25) is 0 Å². The number of amides is 1. The van der Waals surface area contributed by atoms with Crippen LogP contribution in [0.25, 0.3) is 0 Å². The molecule has 0 bridgehead atoms. The van der Waals surface area contributed by atoms with Gasteiger partial charge in [0, 0.05) is 42.9 Å². The molecule has 1 aromatic heterocycles. The third kappa shape index (κ3) is 6.34. The molecule has 1 saturated heterocycles. The number of nitrogens with one attached hydrogen (secondary N) is 2. The van der Waals surface area contributed by atoms with Gasteiger partial charge in [-0.2, -0.15) is 0 Å². The van der Waals surface area contributed by atoms with Gasteiger partial charge >= 0.3 is 0 Å². The van der Waals surface area contributed by atoms with Crippen molar-refractivity contribution in [1.82, 2.24) is 15.5 Å². The molecule has 2 N–H and O–H groups in total. The first kappa shape index (κ1) is 23.4. The predicted octanol–water partition coefficient (Wildman–Crippen LogP) is 4.14. The van der Waals surface area contributed by atoms with E-state index in [-0.39, 0.29) is 29.4 Å². The summed E-state index contributed by atoms with van der Waals surface area (Å²) in [5, 5.41) is 9.04. The van der Waals surface area contributed by atoms with Gasteiger partial charge in [0.1, 0.15) is 0 Å². The van der Waals surface area contributed by atoms with Crippen LogP contribution in [0, 0.1) is 0 Å². The minimum Gasteiger partial charge on any atom is -0.357 e. The van der Waals surface area contributed by atoms with Crippen molar-refractivity contribution >= 4 is 47.2 Å². The van der Waals surface area contributed by atoms with E-state index in [1.165, 1.54) is 37.0 Å². The zero-order chi connectivity index (χ0) is 19.0. The van der Waals surface area contributed by atoms with Crippen LogP contribution in [0.15, 0.2) is 22.5 Å². The summed E-state index contributed by atoms with van der Waals surface area (Å²) in [6, 6.07) is 4.46. The van der Waals surface area contributed by atoms with Gasteiger partial charge in [0.05, 0.1) is 6.54 Å². The molecule has 1 amide bonds. The Labute approximate surface area is 190 Å². The lowest BCUT2D eigenvalue weighted by Gasteiger charge is -2.35. The van der Waals surface area contributed by atoms with E-state index in [2.05, 4.69) is 35.1 Å². The van der Waals surface area contributed by atoms with Crippen molar-refractivity contribution in [2.45, 2.75) is 63.7 Å². The molecule has 2 heterocycles. The van der Waals surface area contributed by atoms with Crippen LogP contribution < -0.4 is 10.6 Å². The summed E-state index contributed by atoms with van der Waals surface area (Å²) in [5.74, 6) is 1.22. The summed E-state index contributed by atoms with van der Waals surface area (Å²) in [6.07, 6.45) is 9.16. The van der Waals surface area contributed by atoms with Gasteiger partial charge in [0.15, 0.2) is 5.96 Å². The van der Waals surface area contributed by atoms with Gasteiger partial charge < -0.3 is 15.5 Å². The molecule has 28 heavy (non-hydrogen) atoms. The maximum atomic E-state index is 11.7. The second-order valence-corrected chi connectivity index (χ2v) is 8.73. The number of hydrogen-bond acceptors (Lipinski definition) is 3. The molecule has 0 aromatic carbocycles. The SMILES string of the molecule is CCNC(=NCC1(c2cccs2)CCCCC1)NCCCN1CCCC1=O.I. The molecular formula is C21H35IN4OS. The number of carbonyl (C=O) groups excluding carboxylic acids is 1. The van der Waals surface area contributed by atoms with Gasteiger partial charge in [-0.15, -0.1) is 35.3 Å². The van der Waals surface area contributed by atoms with Gasteiger partial charge in [-0.25, -0.2) is 0 Å². The minimum atomic E-state index is 0. The Morgan fingerprint density at radius 2 is 2.07 bits per heavy atom. The van der Waals surface area contributed by atoms with Crippen LogP contribution >= 0.6 is 35.3 Å². The predicted molar refractivity (Wildman–Crippen MR) is 129 cm³/mol. The number of thiophene rings is 1. The third-order valence-electron chi connectivity index (χ3n) is 5.81. The van der Waals surface area contributed by atoms with Crippen molar-refractivity contribution in [1.29, 1.82) is 0 Å². The maximum absolute atomic E-state index is 11.7. The fraction of sp³-hybridized carbons (Fsp3) is 0.714. The second kappa shape index (κ2) is 12.0. The van der Waals surface area contributed by atoms with E-state index in [1.807, 2.05) is 16.2 Å². The van der Waals surface area contributed by atoms with E-state index in [0.717, 1.165) is 57.9 Å². The lowest BCUT2D eigenvalue weighted by atomic mass is 9.73. The van der Waals surface area contributed by atoms with E-state index < -0.39 is 0 Å². The number of nitrogens with zero attached hydrogens (tertiary/aromatic N) is 2. The first-order chi connectivity index (χ1) is 13.2. The molecule has 3 rings (SSSR count). The van der Waals surface area contributed by atoms with Gasteiger partial charge in [-0.1, -0.05) is 25.3 Å². The van der Waals surface area contributed by atoms with Crippen molar-refractivity contribution in [3.63, 3.8) is 0 Å². The standard InChI is InChI=1S/C21H34N4OS.HI/c1-2-22-20(23-13-8-15-25-14-6-10-19(25)26)24-17-21(11-4-3-5-12-21)18-9-7-16-27-18;/h7,9,16H,2-6,8,10-15,17H2,1H3,(H2,22,23,24);1H. The molecule has 5 nitrogen and oxygen atoms in total. The summed E-state index contributed by atoms with van der Waals surface area (Å²) in [4.78, 5) is 20.2. The highest BCUT2D eigenvalue weighted by Gasteiger charge is 2.34. The second-order valence-electron chi connectivity index (χ2n) is 7.78. The Balaban J connectivity index is 0.00000280. The molecule has 1 aliphatic carbocycles. The lowest BCUT2D eigenvalue weighted by Crippen LogP contribution is -2.40. The van der Waals surface area contributed by atoms with Crippen LogP contribution in [0.1, 0.15) is 63.2 Å². The van der Waals surface area contributed by atoms with Crippen LogP contribution in [0.4, 0.5) is 0 Å². The molecule has 1 saturated carbocycles. The topological polar surface area (TPSA) is 56.7 Å². The van der Waals surface area contributed by atoms with E-state index >= 15 is 0 Å². The Hall–Kier alpha value is -0.830. The molecule has 1 aliphatic heterocycles. The number of likely N-dealkylation sites (tertiary alicyclic amines) is 1. The Bertz CT molecular complexity index is 614. The normalized spacial score (nSPS) is 19.4. The summed E-state index contributed by atoms with van der Waals surface area (Å²) < 4.78 is 0. The Morgan fingerprint density at radius 1 is 1.25 bits per heavy atom. The molecule has 0 atom stereocenters. The number of halogens is 1. The molecule has 2 aliphatic rings. The summed E-state index contributed by atoms with van der Waals surface area (Å²) in [6.45, 7) is 6.45. The van der Waals surface area contributed by atoms with Crippen molar-refractivity contribution in [3.8, 4) is 0 Å². The minimum absolute atomic E-state index is 0. The number of hydrogen-bond donors (Lipinski definition) is 2. The number of aliphatic imine (C=N–C) groups is 1. The third-order valence-corrected chi connectivity index (χ3v) is 6.92. The molecule has 0 spiro atoms. The van der Waals surface area contributed by atoms with Gasteiger partial charge in [-0.05, 0) is 44.1 Å². The number of carbonyl (C=O) groups is 1. The Morgan fingerprint density at radius 3 is 2.71 bits per heavy atom. The number of rotatable bonds is 8. The molecular weight excluding hydrogens is 483 g/mol. The highest BCUT2D eigenvalue weighted by atomic mass is 127. The summed E-state index contributed by atoms with van der Waals surface area (Å²) in [5.41, 5.74) is 0.219. The Kier molecular flexibility index (Phi) is 10.0. The van der Waals surface area contributed by atoms with Gasteiger partial charge in [0.25, 0.3) is 0 Å². The van der Waals surface area contributed by atoms with E-state index in [0.29, 0.717) is 5.91 Å². The first-order valence-electron chi connectivity index (χ1n) is 10.6. The molecule has 2 fully saturated rings. The zero-order valence-corrected chi connectivity index (χ0v) is 20.2. The van der Waals surface area contributed by atoms with Crippen LogP contribution in [0.3, 0.4) is 0 Å². The molecule has 158 valence electrons. The van der Waals surface area contributed by atoms with E-state index in [4.69, 9.17) is 4.99 Å². The maximum Gasteiger partial charge on any atom is 0.222 e. The summed E-state index contributed by atoms with van der Waals surface area (Å²) in [7, 11) is 0. The van der Waals surface area contributed by atoms with E-state index in [9.17, 15) is 4.79 Å². The highest BCUT2D eigenvalue weighted by molar-refractivity contribution is 14.0. The monoisotopic (exact) mass is 518 g/mol. The zero-order valence-electron chi connectivity index (χ0n) is 17.0. The van der Waals surface area contributed by atoms with Crippen molar-refractivity contribution in [2.75, 3.05) is 32.7 Å². The van der Waals surface area contributed by atoms with E-state index in [1.54, 1.807) is 0 Å². The molecule has 1 aromatic rings. The molecule has 0 unspecified atom stereocenters. The fourth-order valence-electron chi connectivity index (χ4n) is 4.28. The quantitative estimate of drug-likeness (QED) is 0.236. The smallest absolute Gasteiger partial charge is 0.222 e.